The summed E-state index contributed by atoms with van der Waals surface area (Å²) in [7, 11) is 0. The van der Waals surface area contributed by atoms with Crippen LogP contribution in [0, 0.1) is 5.41 Å². The summed E-state index contributed by atoms with van der Waals surface area (Å²) in [6.07, 6.45) is 4.58. The van der Waals surface area contributed by atoms with Crippen molar-refractivity contribution < 1.29 is 5.21 Å². The number of amidine groups is 1. The summed E-state index contributed by atoms with van der Waals surface area (Å²) in [5.74, 6) is 2.23. The Morgan fingerprint density at radius 3 is 2.67 bits per heavy atom. The maximum absolute atomic E-state index is 8.66. The standard InChI is InChI=1S/C12H21N5O/c1-3-10-14-11(4-2)17(15-10)8-12(5-6-12)7-9(13)16-18/h18H,3-8H2,1-2H3,(H2,13,16). The number of hydrogen-bond acceptors (Lipinski definition) is 4. The van der Waals surface area contributed by atoms with Gasteiger partial charge >= 0.3 is 0 Å². The second-order valence-electron chi connectivity index (χ2n) is 5.08. The van der Waals surface area contributed by atoms with Gasteiger partial charge in [-0.05, 0) is 18.3 Å². The zero-order valence-electron chi connectivity index (χ0n) is 11.1. The van der Waals surface area contributed by atoms with Crippen LogP contribution in [0.1, 0.15) is 44.8 Å². The first-order valence-electron chi connectivity index (χ1n) is 6.51. The van der Waals surface area contributed by atoms with Crippen molar-refractivity contribution in [2.24, 2.45) is 16.3 Å². The van der Waals surface area contributed by atoms with Gasteiger partial charge in [0.15, 0.2) is 5.82 Å². The summed E-state index contributed by atoms with van der Waals surface area (Å²) in [6, 6.07) is 0. The quantitative estimate of drug-likeness (QED) is 0.345. The molecule has 1 aromatic heterocycles. The highest BCUT2D eigenvalue weighted by Gasteiger charge is 2.44. The number of rotatable bonds is 6. The minimum Gasteiger partial charge on any atom is -0.409 e. The molecule has 6 heteroatoms. The molecule has 0 aromatic carbocycles. The Labute approximate surface area is 107 Å². The van der Waals surface area contributed by atoms with Gasteiger partial charge in [0, 0.05) is 25.8 Å². The summed E-state index contributed by atoms with van der Waals surface area (Å²) in [6.45, 7) is 4.96. The average molecular weight is 251 g/mol. The van der Waals surface area contributed by atoms with E-state index < -0.39 is 0 Å². The van der Waals surface area contributed by atoms with Crippen molar-refractivity contribution in [1.29, 1.82) is 0 Å². The molecular weight excluding hydrogens is 230 g/mol. The Bertz CT molecular complexity index is 447. The van der Waals surface area contributed by atoms with E-state index in [-0.39, 0.29) is 5.41 Å². The van der Waals surface area contributed by atoms with Crippen molar-refractivity contribution in [2.45, 2.75) is 52.5 Å². The van der Waals surface area contributed by atoms with Crippen molar-refractivity contribution in [1.82, 2.24) is 14.8 Å². The first-order valence-corrected chi connectivity index (χ1v) is 6.51. The first kappa shape index (κ1) is 12.9. The normalized spacial score (nSPS) is 18.0. The van der Waals surface area contributed by atoms with Crippen molar-refractivity contribution in [3.8, 4) is 0 Å². The van der Waals surface area contributed by atoms with Gasteiger partial charge in [-0.3, -0.25) is 0 Å². The average Bonchev–Trinajstić information content (AvgIpc) is 3.00. The third-order valence-corrected chi connectivity index (χ3v) is 3.55. The van der Waals surface area contributed by atoms with Gasteiger partial charge in [-0.15, -0.1) is 0 Å². The molecule has 0 unspecified atom stereocenters. The van der Waals surface area contributed by atoms with E-state index in [1.54, 1.807) is 0 Å². The fourth-order valence-electron chi connectivity index (χ4n) is 2.27. The number of nitrogens with two attached hydrogens (primary N) is 1. The van der Waals surface area contributed by atoms with Crippen molar-refractivity contribution in [3.05, 3.63) is 11.6 Å². The zero-order valence-corrected chi connectivity index (χ0v) is 11.1. The molecule has 1 heterocycles. The fourth-order valence-corrected chi connectivity index (χ4v) is 2.27. The minimum absolute atomic E-state index is 0.124. The van der Waals surface area contributed by atoms with Gasteiger partial charge in [-0.25, -0.2) is 9.67 Å². The van der Waals surface area contributed by atoms with Gasteiger partial charge in [0.2, 0.25) is 0 Å². The molecule has 18 heavy (non-hydrogen) atoms. The lowest BCUT2D eigenvalue weighted by Crippen LogP contribution is -2.23. The molecule has 0 atom stereocenters. The SMILES string of the molecule is CCc1nc(CC)n(CC2(CC(N)=NO)CC2)n1. The molecule has 0 amide bonds. The molecular formula is C12H21N5O. The number of hydrogen-bond donors (Lipinski definition) is 2. The van der Waals surface area contributed by atoms with Crippen LogP contribution in [0.2, 0.25) is 0 Å². The lowest BCUT2D eigenvalue weighted by molar-refractivity contribution is 0.312. The molecule has 0 radical (unpaired) electrons. The van der Waals surface area contributed by atoms with Crippen molar-refractivity contribution in [2.75, 3.05) is 0 Å². The Morgan fingerprint density at radius 1 is 1.44 bits per heavy atom. The highest BCUT2D eigenvalue weighted by molar-refractivity contribution is 5.80. The number of oxime groups is 1. The summed E-state index contributed by atoms with van der Waals surface area (Å²) in [5, 5.41) is 16.3. The van der Waals surface area contributed by atoms with E-state index in [4.69, 9.17) is 10.9 Å². The van der Waals surface area contributed by atoms with Crippen LogP contribution in [0.15, 0.2) is 5.16 Å². The van der Waals surface area contributed by atoms with E-state index in [9.17, 15) is 0 Å². The smallest absolute Gasteiger partial charge is 0.150 e. The highest BCUT2D eigenvalue weighted by atomic mass is 16.4. The second kappa shape index (κ2) is 4.96. The molecule has 0 saturated heterocycles. The summed E-state index contributed by atoms with van der Waals surface area (Å²) >= 11 is 0. The van der Waals surface area contributed by atoms with Crippen LogP contribution < -0.4 is 5.73 Å². The van der Waals surface area contributed by atoms with Crippen molar-refractivity contribution >= 4 is 5.84 Å². The van der Waals surface area contributed by atoms with Gasteiger partial charge in [0.25, 0.3) is 0 Å². The van der Waals surface area contributed by atoms with Crippen LogP contribution in [-0.4, -0.2) is 25.8 Å². The lowest BCUT2D eigenvalue weighted by atomic mass is 10.0. The molecule has 100 valence electrons. The van der Waals surface area contributed by atoms with E-state index in [0.717, 1.165) is 43.9 Å². The van der Waals surface area contributed by atoms with Crippen LogP contribution in [-0.2, 0) is 19.4 Å². The minimum atomic E-state index is 0.124. The molecule has 1 fully saturated rings. The molecule has 0 spiro atoms. The summed E-state index contributed by atoms with van der Waals surface area (Å²) < 4.78 is 2.00. The van der Waals surface area contributed by atoms with E-state index >= 15 is 0 Å². The second-order valence-corrected chi connectivity index (χ2v) is 5.08. The van der Waals surface area contributed by atoms with Gasteiger partial charge < -0.3 is 10.9 Å². The van der Waals surface area contributed by atoms with Crippen LogP contribution in [0.25, 0.3) is 0 Å². The molecule has 1 aliphatic rings. The third-order valence-electron chi connectivity index (χ3n) is 3.55. The zero-order chi connectivity index (χ0) is 13.2. The predicted molar refractivity (Wildman–Crippen MR) is 68.5 cm³/mol. The number of aryl methyl sites for hydroxylation is 2. The van der Waals surface area contributed by atoms with Crippen LogP contribution in [0.4, 0.5) is 0 Å². The van der Waals surface area contributed by atoms with Crippen LogP contribution >= 0.6 is 0 Å². The van der Waals surface area contributed by atoms with Gasteiger partial charge in [0.1, 0.15) is 11.7 Å². The third kappa shape index (κ3) is 2.63. The van der Waals surface area contributed by atoms with Crippen LogP contribution in [0.3, 0.4) is 0 Å². The molecule has 6 nitrogen and oxygen atoms in total. The Morgan fingerprint density at radius 2 is 2.17 bits per heavy atom. The first-order chi connectivity index (χ1) is 8.62. The monoisotopic (exact) mass is 251 g/mol. The van der Waals surface area contributed by atoms with Gasteiger partial charge in [-0.2, -0.15) is 5.10 Å². The largest absolute Gasteiger partial charge is 0.409 e. The lowest BCUT2D eigenvalue weighted by Gasteiger charge is -2.15. The van der Waals surface area contributed by atoms with E-state index in [0.29, 0.717) is 12.3 Å². The van der Waals surface area contributed by atoms with E-state index in [1.165, 1.54) is 0 Å². The molecule has 1 aliphatic carbocycles. The van der Waals surface area contributed by atoms with Crippen LogP contribution in [0.5, 0.6) is 0 Å². The Kier molecular flexibility index (Phi) is 3.54. The number of nitrogens with zero attached hydrogens (tertiary/aromatic N) is 4. The summed E-state index contributed by atoms with van der Waals surface area (Å²) in [5.41, 5.74) is 5.73. The van der Waals surface area contributed by atoms with Gasteiger partial charge in [-0.1, -0.05) is 19.0 Å². The maximum atomic E-state index is 8.66. The van der Waals surface area contributed by atoms with Gasteiger partial charge in [0.05, 0.1) is 0 Å². The molecule has 1 saturated carbocycles. The maximum Gasteiger partial charge on any atom is 0.150 e. The molecule has 0 bridgehead atoms. The fraction of sp³-hybridized carbons (Fsp3) is 0.750. The van der Waals surface area contributed by atoms with E-state index in [1.807, 2.05) is 4.68 Å². The summed E-state index contributed by atoms with van der Waals surface area (Å²) in [4.78, 5) is 4.50. The molecule has 0 aliphatic heterocycles. The predicted octanol–water partition coefficient (Wildman–Crippen LogP) is 1.32. The van der Waals surface area contributed by atoms with E-state index in [2.05, 4.69) is 29.1 Å². The molecule has 1 aromatic rings. The molecule has 2 rings (SSSR count). The number of aromatic nitrogens is 3. The topological polar surface area (TPSA) is 89.3 Å². The molecule has 3 N–H and O–H groups in total. The van der Waals surface area contributed by atoms with Crippen molar-refractivity contribution in [3.63, 3.8) is 0 Å². The Hall–Kier alpha value is -1.59. The Balaban J connectivity index is 2.11. The highest BCUT2D eigenvalue weighted by Crippen LogP contribution is 2.50.